The number of aliphatic hydroxyl groups is 1. The first-order valence-electron chi connectivity index (χ1n) is 5.09. The summed E-state index contributed by atoms with van der Waals surface area (Å²) in [6, 6.07) is 0. The third-order valence-electron chi connectivity index (χ3n) is 1.93. The minimum Gasteiger partial charge on any atom is -0.396 e. The SMILES string of the molecule is CC(CCC(C)C)=NCC[CH]CO. The van der Waals surface area contributed by atoms with Crippen molar-refractivity contribution in [2.45, 2.75) is 40.0 Å². The minimum absolute atomic E-state index is 0.167. The van der Waals surface area contributed by atoms with Crippen molar-refractivity contribution in [3.05, 3.63) is 6.42 Å². The summed E-state index contributed by atoms with van der Waals surface area (Å²) < 4.78 is 0. The molecule has 2 nitrogen and oxygen atoms in total. The zero-order valence-corrected chi connectivity index (χ0v) is 9.08. The first kappa shape index (κ1) is 12.6. The predicted molar refractivity (Wildman–Crippen MR) is 58.1 cm³/mol. The molecule has 0 aliphatic rings. The number of hydrogen-bond donors (Lipinski definition) is 1. The Morgan fingerprint density at radius 1 is 1.46 bits per heavy atom. The molecule has 1 radical (unpaired) electrons. The monoisotopic (exact) mass is 184 g/mol. The second-order valence-corrected chi connectivity index (χ2v) is 3.81. The predicted octanol–water partition coefficient (Wildman–Crippen LogP) is 2.47. The molecule has 0 heterocycles. The van der Waals surface area contributed by atoms with Crippen molar-refractivity contribution >= 4 is 5.71 Å². The van der Waals surface area contributed by atoms with E-state index in [1.807, 2.05) is 6.42 Å². The lowest BCUT2D eigenvalue weighted by atomic mass is 10.1. The maximum Gasteiger partial charge on any atom is 0.0463 e. The lowest BCUT2D eigenvalue weighted by Crippen LogP contribution is -1.98. The Hall–Kier alpha value is -0.370. The van der Waals surface area contributed by atoms with Crippen LogP contribution in [0.15, 0.2) is 4.99 Å². The summed E-state index contributed by atoms with van der Waals surface area (Å²) in [6.07, 6.45) is 5.06. The van der Waals surface area contributed by atoms with Crippen LogP contribution in [0.4, 0.5) is 0 Å². The highest BCUT2D eigenvalue weighted by Gasteiger charge is 1.95. The molecule has 0 bridgehead atoms. The molecule has 0 rings (SSSR count). The molecular formula is C11H22NO. The quantitative estimate of drug-likeness (QED) is 0.478. The van der Waals surface area contributed by atoms with Crippen molar-refractivity contribution in [2.24, 2.45) is 10.9 Å². The van der Waals surface area contributed by atoms with E-state index >= 15 is 0 Å². The lowest BCUT2D eigenvalue weighted by molar-refractivity contribution is 0.324. The van der Waals surface area contributed by atoms with Crippen LogP contribution in [-0.2, 0) is 0 Å². The van der Waals surface area contributed by atoms with Gasteiger partial charge in [-0.2, -0.15) is 0 Å². The van der Waals surface area contributed by atoms with Gasteiger partial charge >= 0.3 is 0 Å². The highest BCUT2D eigenvalue weighted by molar-refractivity contribution is 5.81. The van der Waals surface area contributed by atoms with Crippen LogP contribution >= 0.6 is 0 Å². The van der Waals surface area contributed by atoms with Crippen molar-refractivity contribution in [1.29, 1.82) is 0 Å². The van der Waals surface area contributed by atoms with E-state index < -0.39 is 0 Å². The third-order valence-corrected chi connectivity index (χ3v) is 1.93. The van der Waals surface area contributed by atoms with E-state index in [1.54, 1.807) is 0 Å². The summed E-state index contributed by atoms with van der Waals surface area (Å²) in [5, 5.41) is 8.50. The Morgan fingerprint density at radius 2 is 2.15 bits per heavy atom. The van der Waals surface area contributed by atoms with E-state index in [1.165, 1.54) is 12.1 Å². The average Bonchev–Trinajstić information content (AvgIpc) is 2.09. The lowest BCUT2D eigenvalue weighted by Gasteiger charge is -2.03. The fraction of sp³-hybridized carbons (Fsp3) is 0.818. The Bertz CT molecular complexity index is 141. The van der Waals surface area contributed by atoms with Crippen molar-refractivity contribution in [3.8, 4) is 0 Å². The molecule has 0 aromatic rings. The minimum atomic E-state index is 0.167. The van der Waals surface area contributed by atoms with Gasteiger partial charge in [-0.1, -0.05) is 13.8 Å². The molecule has 0 unspecified atom stereocenters. The zero-order chi connectivity index (χ0) is 10.1. The van der Waals surface area contributed by atoms with E-state index in [2.05, 4.69) is 25.8 Å². The topological polar surface area (TPSA) is 32.6 Å². The maximum absolute atomic E-state index is 8.50. The van der Waals surface area contributed by atoms with E-state index in [0.29, 0.717) is 0 Å². The summed E-state index contributed by atoms with van der Waals surface area (Å²) in [5.74, 6) is 0.758. The summed E-state index contributed by atoms with van der Waals surface area (Å²) in [4.78, 5) is 4.41. The summed E-state index contributed by atoms with van der Waals surface area (Å²) >= 11 is 0. The Kier molecular flexibility index (Phi) is 8.00. The van der Waals surface area contributed by atoms with Gasteiger partial charge in [-0.15, -0.1) is 0 Å². The van der Waals surface area contributed by atoms with Gasteiger partial charge in [-0.3, -0.25) is 4.99 Å². The van der Waals surface area contributed by atoms with Crippen LogP contribution < -0.4 is 0 Å². The average molecular weight is 184 g/mol. The Labute approximate surface area is 82.1 Å². The zero-order valence-electron chi connectivity index (χ0n) is 9.08. The van der Waals surface area contributed by atoms with Crippen LogP contribution in [-0.4, -0.2) is 24.0 Å². The molecule has 0 aromatic heterocycles. The Morgan fingerprint density at radius 3 is 2.69 bits per heavy atom. The fourth-order valence-electron chi connectivity index (χ4n) is 1.01. The highest BCUT2D eigenvalue weighted by Crippen LogP contribution is 2.04. The van der Waals surface area contributed by atoms with E-state index in [9.17, 15) is 0 Å². The van der Waals surface area contributed by atoms with Crippen molar-refractivity contribution in [1.82, 2.24) is 0 Å². The Balaban J connectivity index is 3.40. The van der Waals surface area contributed by atoms with Gasteiger partial charge < -0.3 is 5.11 Å². The number of nitrogens with zero attached hydrogens (tertiary/aromatic N) is 1. The van der Waals surface area contributed by atoms with Gasteiger partial charge in [-0.05, 0) is 38.5 Å². The standard InChI is InChI=1S/C11H22NO/c1-10(2)6-7-11(3)12-8-4-5-9-13/h5,10,13H,4,6-9H2,1-3H3. The van der Waals surface area contributed by atoms with Crippen LogP contribution in [0.2, 0.25) is 0 Å². The van der Waals surface area contributed by atoms with E-state index in [-0.39, 0.29) is 6.61 Å². The van der Waals surface area contributed by atoms with Gasteiger partial charge in [0.25, 0.3) is 0 Å². The molecule has 77 valence electrons. The third kappa shape index (κ3) is 9.54. The van der Waals surface area contributed by atoms with Gasteiger partial charge in [0, 0.05) is 18.9 Å². The number of hydrogen-bond acceptors (Lipinski definition) is 2. The number of unbranched alkanes of at least 4 members (excludes halogenated alkanes) is 1. The van der Waals surface area contributed by atoms with Crippen LogP contribution in [0.3, 0.4) is 0 Å². The molecule has 0 fully saturated rings. The van der Waals surface area contributed by atoms with Gasteiger partial charge in [0.2, 0.25) is 0 Å². The molecule has 13 heavy (non-hydrogen) atoms. The summed E-state index contributed by atoms with van der Waals surface area (Å²) in [5.41, 5.74) is 1.24. The molecule has 0 aliphatic heterocycles. The van der Waals surface area contributed by atoms with E-state index in [4.69, 9.17) is 5.11 Å². The molecule has 0 atom stereocenters. The molecule has 0 aromatic carbocycles. The van der Waals surface area contributed by atoms with Crippen LogP contribution in [0.1, 0.15) is 40.0 Å². The summed E-state index contributed by atoms with van der Waals surface area (Å²) in [6.45, 7) is 7.53. The first-order valence-corrected chi connectivity index (χ1v) is 5.09. The summed E-state index contributed by atoms with van der Waals surface area (Å²) in [7, 11) is 0. The molecular weight excluding hydrogens is 162 g/mol. The molecule has 0 amide bonds. The smallest absolute Gasteiger partial charge is 0.0463 e. The highest BCUT2D eigenvalue weighted by atomic mass is 16.2. The van der Waals surface area contributed by atoms with Crippen LogP contribution in [0, 0.1) is 12.3 Å². The van der Waals surface area contributed by atoms with Crippen molar-refractivity contribution in [2.75, 3.05) is 13.2 Å². The molecule has 1 N–H and O–H groups in total. The molecule has 0 saturated heterocycles. The van der Waals surface area contributed by atoms with Gasteiger partial charge in [0.1, 0.15) is 0 Å². The maximum atomic E-state index is 8.50. The normalized spacial score (nSPS) is 12.5. The van der Waals surface area contributed by atoms with Crippen LogP contribution in [0.5, 0.6) is 0 Å². The number of rotatable bonds is 7. The second kappa shape index (κ2) is 8.24. The van der Waals surface area contributed by atoms with Gasteiger partial charge in [-0.25, -0.2) is 0 Å². The number of aliphatic hydroxyl groups excluding tert-OH is 1. The molecule has 0 aliphatic carbocycles. The molecule has 0 saturated carbocycles. The second-order valence-electron chi connectivity index (χ2n) is 3.81. The van der Waals surface area contributed by atoms with E-state index in [0.717, 1.165) is 25.3 Å². The molecule has 2 heteroatoms. The fourth-order valence-corrected chi connectivity index (χ4v) is 1.01. The van der Waals surface area contributed by atoms with Crippen LogP contribution in [0.25, 0.3) is 0 Å². The first-order chi connectivity index (χ1) is 6.16. The van der Waals surface area contributed by atoms with Crippen molar-refractivity contribution in [3.63, 3.8) is 0 Å². The molecule has 0 spiro atoms. The number of aliphatic imine (C=N–C) groups is 1. The van der Waals surface area contributed by atoms with Gasteiger partial charge in [0.15, 0.2) is 0 Å². The van der Waals surface area contributed by atoms with Gasteiger partial charge in [0.05, 0.1) is 0 Å². The van der Waals surface area contributed by atoms with Crippen molar-refractivity contribution < 1.29 is 5.11 Å². The largest absolute Gasteiger partial charge is 0.396 e.